The van der Waals surface area contributed by atoms with Gasteiger partial charge in [0.05, 0.1) is 16.9 Å². The van der Waals surface area contributed by atoms with Gasteiger partial charge in [-0.3, -0.25) is 19.8 Å². The largest absolute Gasteiger partial charge is 0.454 e. The molecule has 0 fully saturated rings. The Bertz CT molecular complexity index is 1720. The van der Waals surface area contributed by atoms with Crippen LogP contribution in [0.3, 0.4) is 0 Å². The van der Waals surface area contributed by atoms with E-state index in [9.17, 15) is 9.59 Å². The standard InChI is InChI=1S/C25H22N8O3/c1-13(2)17-12-20(33(4)32-17)30-25(35)29-16-7-8-18(15-6-5-10-26-21(15)16)36-19-9-11-27-23-22(19)28-14(3)24(34)31-23/h5-12H,1H2,2-4H3,(H,27,31,34)(H2,29,30,35). The number of benzene rings is 1. The zero-order valence-electron chi connectivity index (χ0n) is 19.8. The number of fused-ring (bicyclic) bond motifs is 2. The molecule has 36 heavy (non-hydrogen) atoms. The van der Waals surface area contributed by atoms with Gasteiger partial charge in [-0.15, -0.1) is 0 Å². The van der Waals surface area contributed by atoms with E-state index in [1.165, 1.54) is 6.20 Å². The molecular weight excluding hydrogens is 460 g/mol. The Balaban J connectivity index is 1.45. The van der Waals surface area contributed by atoms with Crippen LogP contribution in [0, 0.1) is 6.92 Å². The van der Waals surface area contributed by atoms with E-state index in [1.807, 2.05) is 13.0 Å². The highest BCUT2D eigenvalue weighted by atomic mass is 16.5. The van der Waals surface area contributed by atoms with Gasteiger partial charge in [0.2, 0.25) is 0 Å². The average Bonchev–Trinajstić information content (AvgIpc) is 3.22. The maximum Gasteiger partial charge on any atom is 0.324 e. The van der Waals surface area contributed by atoms with Gasteiger partial charge in [0.25, 0.3) is 5.56 Å². The molecule has 11 heteroatoms. The van der Waals surface area contributed by atoms with Crippen LogP contribution in [0.2, 0.25) is 0 Å². The second kappa shape index (κ2) is 8.95. The average molecular weight is 483 g/mol. The van der Waals surface area contributed by atoms with Crippen molar-refractivity contribution in [2.45, 2.75) is 13.8 Å². The van der Waals surface area contributed by atoms with Gasteiger partial charge in [-0.2, -0.15) is 5.10 Å². The molecule has 3 N–H and O–H groups in total. The molecular formula is C25H22N8O3. The first-order valence-corrected chi connectivity index (χ1v) is 11.0. The van der Waals surface area contributed by atoms with Gasteiger partial charge < -0.3 is 15.0 Å². The predicted molar refractivity (Wildman–Crippen MR) is 137 cm³/mol. The Morgan fingerprint density at radius 1 is 1.08 bits per heavy atom. The summed E-state index contributed by atoms with van der Waals surface area (Å²) in [6.45, 7) is 7.34. The lowest BCUT2D eigenvalue weighted by atomic mass is 10.1. The number of carbonyl (C=O) groups excluding carboxylic acids is 1. The number of urea groups is 1. The van der Waals surface area contributed by atoms with Crippen molar-refractivity contribution in [2.24, 2.45) is 7.05 Å². The smallest absolute Gasteiger partial charge is 0.324 e. The summed E-state index contributed by atoms with van der Waals surface area (Å²) in [7, 11) is 1.74. The number of rotatable bonds is 5. The van der Waals surface area contributed by atoms with Crippen molar-refractivity contribution >= 4 is 45.2 Å². The summed E-state index contributed by atoms with van der Waals surface area (Å²) >= 11 is 0. The number of H-pyrrole nitrogens is 1. The summed E-state index contributed by atoms with van der Waals surface area (Å²) in [5.41, 5.74) is 3.27. The van der Waals surface area contributed by atoms with Gasteiger partial charge in [0.15, 0.2) is 11.4 Å². The third kappa shape index (κ3) is 4.25. The Labute approximate surface area is 204 Å². The molecule has 0 bridgehead atoms. The summed E-state index contributed by atoms with van der Waals surface area (Å²) in [6.07, 6.45) is 3.16. The van der Waals surface area contributed by atoms with E-state index in [0.29, 0.717) is 56.5 Å². The van der Waals surface area contributed by atoms with Crippen LogP contribution in [0.1, 0.15) is 18.3 Å². The highest BCUT2D eigenvalue weighted by Gasteiger charge is 2.15. The van der Waals surface area contributed by atoms with Gasteiger partial charge in [-0.25, -0.2) is 14.8 Å². The molecule has 5 rings (SSSR count). The Morgan fingerprint density at radius 3 is 2.69 bits per heavy atom. The van der Waals surface area contributed by atoms with Crippen molar-refractivity contribution in [1.29, 1.82) is 0 Å². The first kappa shape index (κ1) is 22.7. The number of nitrogens with one attached hydrogen (secondary N) is 3. The van der Waals surface area contributed by atoms with Crippen molar-refractivity contribution in [3.8, 4) is 11.5 Å². The number of aryl methyl sites for hydroxylation is 2. The quantitative estimate of drug-likeness (QED) is 0.338. The van der Waals surface area contributed by atoms with Gasteiger partial charge in [-0.1, -0.05) is 6.58 Å². The van der Waals surface area contributed by atoms with Crippen LogP contribution >= 0.6 is 0 Å². The summed E-state index contributed by atoms with van der Waals surface area (Å²) < 4.78 is 7.75. The molecule has 5 aromatic rings. The van der Waals surface area contributed by atoms with Crippen LogP contribution in [-0.2, 0) is 7.05 Å². The van der Waals surface area contributed by atoms with E-state index in [1.54, 1.807) is 55.2 Å². The second-order valence-corrected chi connectivity index (χ2v) is 8.17. The predicted octanol–water partition coefficient (Wildman–Crippen LogP) is 4.38. The van der Waals surface area contributed by atoms with Crippen LogP contribution in [-0.4, -0.2) is 35.7 Å². The van der Waals surface area contributed by atoms with Crippen molar-refractivity contribution in [3.05, 3.63) is 77.1 Å². The first-order valence-electron chi connectivity index (χ1n) is 11.0. The normalized spacial score (nSPS) is 11.0. The number of ether oxygens (including phenoxy) is 1. The van der Waals surface area contributed by atoms with Gasteiger partial charge in [0.1, 0.15) is 22.8 Å². The Hall–Kier alpha value is -5.06. The number of hydrogen-bond acceptors (Lipinski definition) is 7. The summed E-state index contributed by atoms with van der Waals surface area (Å²) in [5, 5.41) is 10.6. The molecule has 0 unspecified atom stereocenters. The molecule has 0 aliphatic rings. The lowest BCUT2D eigenvalue weighted by Crippen LogP contribution is -2.21. The molecule has 0 saturated carbocycles. The lowest BCUT2D eigenvalue weighted by molar-refractivity contribution is 0.262. The maximum atomic E-state index is 12.7. The molecule has 11 nitrogen and oxygen atoms in total. The SMILES string of the molecule is C=C(C)c1cc(NC(=O)Nc2ccc(Oc3ccnc4[nH]c(=O)c(C)nc34)c3cccnc23)n(C)n1. The number of amides is 2. The third-order valence-electron chi connectivity index (χ3n) is 5.48. The maximum absolute atomic E-state index is 12.7. The molecule has 0 radical (unpaired) electrons. The fourth-order valence-corrected chi connectivity index (χ4v) is 3.65. The van der Waals surface area contributed by atoms with Gasteiger partial charge >= 0.3 is 6.03 Å². The fraction of sp³-hybridized carbons (Fsp3) is 0.120. The zero-order valence-corrected chi connectivity index (χ0v) is 19.8. The zero-order chi connectivity index (χ0) is 25.4. The van der Waals surface area contributed by atoms with Crippen LogP contribution in [0.15, 0.2) is 60.2 Å². The monoisotopic (exact) mass is 482 g/mol. The molecule has 1 aromatic carbocycles. The van der Waals surface area contributed by atoms with Crippen molar-refractivity contribution in [2.75, 3.05) is 10.6 Å². The molecule has 4 heterocycles. The number of hydrogen-bond donors (Lipinski definition) is 3. The highest BCUT2D eigenvalue weighted by molar-refractivity contribution is 6.06. The molecule has 0 saturated heterocycles. The fourth-order valence-electron chi connectivity index (χ4n) is 3.65. The third-order valence-corrected chi connectivity index (χ3v) is 5.48. The van der Waals surface area contributed by atoms with Crippen molar-refractivity contribution < 1.29 is 9.53 Å². The van der Waals surface area contributed by atoms with E-state index >= 15 is 0 Å². The number of allylic oxidation sites excluding steroid dienone is 1. The van der Waals surface area contributed by atoms with E-state index in [4.69, 9.17) is 4.74 Å². The molecule has 4 aromatic heterocycles. The van der Waals surface area contributed by atoms with Crippen molar-refractivity contribution in [1.82, 2.24) is 29.7 Å². The minimum Gasteiger partial charge on any atom is -0.454 e. The molecule has 2 amide bonds. The number of aromatic nitrogens is 6. The lowest BCUT2D eigenvalue weighted by Gasteiger charge is -2.13. The summed E-state index contributed by atoms with van der Waals surface area (Å²) in [5.74, 6) is 1.44. The van der Waals surface area contributed by atoms with E-state index in [0.717, 1.165) is 5.57 Å². The van der Waals surface area contributed by atoms with Crippen LogP contribution in [0.25, 0.3) is 27.6 Å². The Morgan fingerprint density at radius 2 is 1.92 bits per heavy atom. The number of pyridine rings is 2. The van der Waals surface area contributed by atoms with E-state index in [2.05, 4.69) is 42.2 Å². The Kier molecular flexibility index (Phi) is 5.65. The molecule has 0 aliphatic heterocycles. The van der Waals surface area contributed by atoms with Crippen molar-refractivity contribution in [3.63, 3.8) is 0 Å². The summed E-state index contributed by atoms with van der Waals surface area (Å²) in [6, 6.07) is 10.0. The minimum absolute atomic E-state index is 0.307. The second-order valence-electron chi connectivity index (χ2n) is 8.17. The molecule has 0 atom stereocenters. The number of carbonyl (C=O) groups is 1. The molecule has 0 aliphatic carbocycles. The molecule has 0 spiro atoms. The molecule has 180 valence electrons. The van der Waals surface area contributed by atoms with Crippen LogP contribution in [0.5, 0.6) is 11.5 Å². The first-order chi connectivity index (χ1) is 17.3. The van der Waals surface area contributed by atoms with Crippen LogP contribution in [0.4, 0.5) is 16.3 Å². The minimum atomic E-state index is -0.448. The van der Waals surface area contributed by atoms with E-state index in [-0.39, 0.29) is 5.56 Å². The van der Waals surface area contributed by atoms with Gasteiger partial charge in [-0.05, 0) is 43.7 Å². The highest BCUT2D eigenvalue weighted by Crippen LogP contribution is 2.34. The number of nitrogens with zero attached hydrogens (tertiary/aromatic N) is 5. The summed E-state index contributed by atoms with van der Waals surface area (Å²) in [4.78, 5) is 40.3. The topological polar surface area (TPSA) is 140 Å². The van der Waals surface area contributed by atoms with Gasteiger partial charge in [0, 0.05) is 37.0 Å². The number of aromatic amines is 1. The van der Waals surface area contributed by atoms with E-state index < -0.39 is 6.03 Å². The van der Waals surface area contributed by atoms with Crippen LogP contribution < -0.4 is 20.9 Å². The number of anilines is 2.